The summed E-state index contributed by atoms with van der Waals surface area (Å²) in [6.45, 7) is 6.13. The van der Waals surface area contributed by atoms with E-state index in [0.717, 1.165) is 61.7 Å². The predicted molar refractivity (Wildman–Crippen MR) is 153 cm³/mol. The summed E-state index contributed by atoms with van der Waals surface area (Å²) in [6, 6.07) is 21.9. The topological polar surface area (TPSA) is 113 Å². The Labute approximate surface area is 223 Å². The van der Waals surface area contributed by atoms with Crippen LogP contribution >= 0.6 is 0 Å². The van der Waals surface area contributed by atoms with Gasteiger partial charge in [0.25, 0.3) is 0 Å². The lowest BCUT2D eigenvalue weighted by Gasteiger charge is -2.10. The summed E-state index contributed by atoms with van der Waals surface area (Å²) >= 11 is 0. The van der Waals surface area contributed by atoms with Crippen molar-refractivity contribution in [3.8, 4) is 28.5 Å². The fourth-order valence-electron chi connectivity index (χ4n) is 4.65. The Morgan fingerprint density at radius 1 is 0.923 bits per heavy atom. The Morgan fingerprint density at radius 3 is 2.67 bits per heavy atom. The normalized spacial score (nSPS) is 11.3. The number of aromatic nitrogens is 8. The predicted octanol–water partition coefficient (Wildman–Crippen LogP) is 6.14. The molecule has 0 fully saturated rings. The minimum absolute atomic E-state index is 0.637. The number of rotatable bonds is 6. The van der Waals surface area contributed by atoms with E-state index in [9.17, 15) is 0 Å². The molecule has 5 heterocycles. The Hall–Kier alpha value is -5.57. The van der Waals surface area contributed by atoms with Crippen LogP contribution in [0.4, 0.5) is 5.69 Å². The van der Waals surface area contributed by atoms with Gasteiger partial charge in [-0.3, -0.25) is 10.1 Å². The number of aryl methyl sites for hydroxylation is 1. The summed E-state index contributed by atoms with van der Waals surface area (Å²) < 4.78 is 1.97. The molecule has 7 rings (SSSR count). The van der Waals surface area contributed by atoms with Gasteiger partial charge in [-0.2, -0.15) is 5.10 Å². The van der Waals surface area contributed by atoms with Crippen molar-refractivity contribution in [1.29, 1.82) is 0 Å². The van der Waals surface area contributed by atoms with Crippen molar-refractivity contribution in [3.05, 3.63) is 109 Å². The van der Waals surface area contributed by atoms with Crippen molar-refractivity contribution >= 4 is 33.5 Å². The quantitative estimate of drug-likeness (QED) is 0.248. The average molecular weight is 510 g/mol. The number of fused-ring (bicyclic) bond motifs is 2. The molecule has 188 valence electrons. The third-order valence-corrected chi connectivity index (χ3v) is 6.56. The lowest BCUT2D eigenvalue weighted by Crippen LogP contribution is -1.98. The number of hydrogen-bond donors (Lipinski definition) is 3. The zero-order chi connectivity index (χ0) is 26.3. The van der Waals surface area contributed by atoms with Gasteiger partial charge in [-0.05, 0) is 42.8 Å². The average Bonchev–Trinajstić information content (AvgIpc) is 3.71. The molecule has 0 bridgehead atoms. The molecule has 0 atom stereocenters. The number of H-pyrrole nitrogens is 2. The van der Waals surface area contributed by atoms with Crippen molar-refractivity contribution in [2.24, 2.45) is 0 Å². The van der Waals surface area contributed by atoms with E-state index < -0.39 is 0 Å². The van der Waals surface area contributed by atoms with Crippen LogP contribution in [0.5, 0.6) is 0 Å². The van der Waals surface area contributed by atoms with Crippen molar-refractivity contribution in [2.75, 3.05) is 5.32 Å². The zero-order valence-electron chi connectivity index (χ0n) is 21.1. The van der Waals surface area contributed by atoms with E-state index >= 15 is 0 Å². The molecule has 0 saturated heterocycles. The summed E-state index contributed by atoms with van der Waals surface area (Å²) in [4.78, 5) is 22.1. The van der Waals surface area contributed by atoms with Gasteiger partial charge in [0, 0.05) is 23.7 Å². The van der Waals surface area contributed by atoms with E-state index in [2.05, 4.69) is 37.0 Å². The Kier molecular flexibility index (Phi) is 5.26. The number of anilines is 1. The minimum Gasteiger partial charge on any atom is -0.354 e. The molecule has 0 unspecified atom stereocenters. The summed E-state index contributed by atoms with van der Waals surface area (Å²) in [5.41, 5.74) is 10.1. The molecule has 2 aromatic carbocycles. The smallest absolute Gasteiger partial charge is 0.161 e. The fourth-order valence-corrected chi connectivity index (χ4v) is 4.65. The first-order valence-corrected chi connectivity index (χ1v) is 12.4. The lowest BCUT2D eigenvalue weighted by molar-refractivity contribution is 1.06. The molecule has 0 spiro atoms. The van der Waals surface area contributed by atoms with Crippen LogP contribution in [0.25, 0.3) is 56.2 Å². The van der Waals surface area contributed by atoms with Crippen LogP contribution in [0.3, 0.4) is 0 Å². The molecule has 0 aliphatic heterocycles. The van der Waals surface area contributed by atoms with Crippen LogP contribution in [0, 0.1) is 6.92 Å². The molecule has 3 N–H and O–H groups in total. The highest BCUT2D eigenvalue weighted by Gasteiger charge is 2.17. The van der Waals surface area contributed by atoms with E-state index in [1.54, 1.807) is 18.7 Å². The molecule has 5 aromatic heterocycles. The summed E-state index contributed by atoms with van der Waals surface area (Å²) in [7, 11) is 0. The molecular formula is C30H23N9. The highest BCUT2D eigenvalue weighted by molar-refractivity contribution is 5.93. The minimum atomic E-state index is 0.637. The van der Waals surface area contributed by atoms with Gasteiger partial charge in [0.15, 0.2) is 11.5 Å². The number of aromatic amines is 2. The van der Waals surface area contributed by atoms with Crippen molar-refractivity contribution in [3.63, 3.8) is 0 Å². The van der Waals surface area contributed by atoms with Gasteiger partial charge in [-0.25, -0.2) is 15.0 Å². The molecule has 0 radical (unpaired) electrons. The molecule has 39 heavy (non-hydrogen) atoms. The first kappa shape index (κ1) is 22.6. The summed E-state index contributed by atoms with van der Waals surface area (Å²) in [5.74, 6) is 0.637. The Morgan fingerprint density at radius 2 is 1.82 bits per heavy atom. The molecule has 9 nitrogen and oxygen atoms in total. The Bertz CT molecular complexity index is 1980. The molecule has 9 heteroatoms. The van der Waals surface area contributed by atoms with E-state index in [0.29, 0.717) is 11.5 Å². The van der Waals surface area contributed by atoms with E-state index in [1.165, 1.54) is 0 Å². The van der Waals surface area contributed by atoms with Crippen LogP contribution in [0.1, 0.15) is 11.3 Å². The van der Waals surface area contributed by atoms with Gasteiger partial charge < -0.3 is 14.9 Å². The number of para-hydroxylation sites is 1. The maximum absolute atomic E-state index is 4.96. The first-order chi connectivity index (χ1) is 19.1. The molecule has 0 amide bonds. The van der Waals surface area contributed by atoms with Gasteiger partial charge in [0.05, 0.1) is 46.3 Å². The number of nitrogens with one attached hydrogen (secondary N) is 3. The molecule has 0 aliphatic carbocycles. The molecule has 0 aliphatic rings. The highest BCUT2D eigenvalue weighted by Crippen LogP contribution is 2.30. The van der Waals surface area contributed by atoms with Crippen molar-refractivity contribution < 1.29 is 0 Å². The number of imidazole rings is 2. The number of benzene rings is 2. The maximum atomic E-state index is 4.96. The molecule has 7 aromatic rings. The van der Waals surface area contributed by atoms with Gasteiger partial charge in [0.1, 0.15) is 11.0 Å². The maximum Gasteiger partial charge on any atom is 0.161 e. The zero-order valence-corrected chi connectivity index (χ0v) is 21.1. The van der Waals surface area contributed by atoms with Crippen LogP contribution in [-0.2, 0) is 0 Å². The number of hydrogen-bond acceptors (Lipinski definition) is 6. The molecule has 0 saturated carbocycles. The second-order valence-electron chi connectivity index (χ2n) is 9.28. The summed E-state index contributed by atoms with van der Waals surface area (Å²) in [5, 5.41) is 11.0. The number of nitrogens with zero attached hydrogens (tertiary/aromatic N) is 6. The van der Waals surface area contributed by atoms with E-state index in [-0.39, 0.29) is 0 Å². The van der Waals surface area contributed by atoms with Gasteiger partial charge in [-0.15, -0.1) is 0 Å². The number of pyridine rings is 2. The Balaban J connectivity index is 1.25. The second kappa shape index (κ2) is 9.07. The SMILES string of the molecule is C=C(Nc1cncc(-c2ccc3[nH]nc(-c4nc5c(-n6cnc(C)c6)cccc5[nH]4)c3n2)c1)c1ccccc1. The third kappa shape index (κ3) is 4.11. The van der Waals surface area contributed by atoms with Crippen molar-refractivity contribution in [1.82, 2.24) is 39.7 Å². The lowest BCUT2D eigenvalue weighted by atomic mass is 10.1. The highest BCUT2D eigenvalue weighted by atomic mass is 15.2. The van der Waals surface area contributed by atoms with Gasteiger partial charge in [0.2, 0.25) is 0 Å². The van der Waals surface area contributed by atoms with E-state index in [4.69, 9.17) is 9.97 Å². The second-order valence-corrected chi connectivity index (χ2v) is 9.28. The van der Waals surface area contributed by atoms with Crippen LogP contribution in [0.15, 0.2) is 98.2 Å². The molecular weight excluding hydrogens is 486 g/mol. The monoisotopic (exact) mass is 509 g/mol. The van der Waals surface area contributed by atoms with Gasteiger partial charge >= 0.3 is 0 Å². The first-order valence-electron chi connectivity index (χ1n) is 12.4. The largest absolute Gasteiger partial charge is 0.354 e. The van der Waals surface area contributed by atoms with Crippen LogP contribution < -0.4 is 5.32 Å². The van der Waals surface area contributed by atoms with E-state index in [1.807, 2.05) is 84.4 Å². The van der Waals surface area contributed by atoms with Crippen LogP contribution in [-0.4, -0.2) is 39.7 Å². The standard InChI is InChI=1S/C30H23N9/c1-18-16-39(17-32-18)26-10-6-9-24-27(26)36-30(35-24)29-28-25(37-38-29)12-11-23(34-28)21-13-22(15-31-14-21)33-19(2)20-7-4-3-5-8-20/h3-17,33H,2H2,1H3,(H,35,36)(H,37,38). The fraction of sp³-hybridized carbons (Fsp3) is 0.0333. The summed E-state index contributed by atoms with van der Waals surface area (Å²) in [6.07, 6.45) is 7.34. The third-order valence-electron chi connectivity index (χ3n) is 6.56. The van der Waals surface area contributed by atoms with Crippen LogP contribution in [0.2, 0.25) is 0 Å². The van der Waals surface area contributed by atoms with Gasteiger partial charge in [-0.1, -0.05) is 43.0 Å². The van der Waals surface area contributed by atoms with Crippen molar-refractivity contribution in [2.45, 2.75) is 6.92 Å².